The van der Waals surface area contributed by atoms with Gasteiger partial charge in [0.05, 0.1) is 0 Å². The van der Waals surface area contributed by atoms with Crippen LogP contribution < -0.4 is 5.32 Å². The van der Waals surface area contributed by atoms with Gasteiger partial charge in [0, 0.05) is 19.3 Å². The van der Waals surface area contributed by atoms with Crippen LogP contribution in [0.15, 0.2) is 18.2 Å². The molecule has 0 aliphatic rings. The molecule has 0 spiro atoms. The van der Waals surface area contributed by atoms with Gasteiger partial charge in [-0.2, -0.15) is 0 Å². The van der Waals surface area contributed by atoms with Crippen LogP contribution >= 0.6 is 0 Å². The lowest BCUT2D eigenvalue weighted by molar-refractivity contribution is 0.140. The zero-order valence-electron chi connectivity index (χ0n) is 12.4. The van der Waals surface area contributed by atoms with E-state index in [0.29, 0.717) is 6.42 Å². The molecule has 2 nitrogen and oxygen atoms in total. The van der Waals surface area contributed by atoms with Crippen LogP contribution in [0.25, 0.3) is 0 Å². The van der Waals surface area contributed by atoms with Gasteiger partial charge in [0.1, 0.15) is 0 Å². The monoisotopic (exact) mass is 285 g/mol. The van der Waals surface area contributed by atoms with Gasteiger partial charge in [0.15, 0.2) is 11.6 Å². The zero-order chi connectivity index (χ0) is 14.8. The molecule has 1 aromatic carbocycles. The standard InChI is InChI=1S/C16H25F2NO/c1-3-9-19-14(6-5-10-20-4-2)11-13-7-8-15(17)16(18)12-13/h7-8,12,14,19H,3-6,9-11H2,1-2H3. The highest BCUT2D eigenvalue weighted by molar-refractivity contribution is 5.18. The van der Waals surface area contributed by atoms with Crippen molar-refractivity contribution in [3.8, 4) is 0 Å². The molecule has 0 radical (unpaired) electrons. The molecule has 1 aromatic rings. The minimum Gasteiger partial charge on any atom is -0.382 e. The highest BCUT2D eigenvalue weighted by Gasteiger charge is 2.10. The predicted molar refractivity (Wildman–Crippen MR) is 77.9 cm³/mol. The molecule has 1 N–H and O–H groups in total. The molecule has 114 valence electrons. The second-order valence-corrected chi connectivity index (χ2v) is 4.94. The Morgan fingerprint density at radius 3 is 2.65 bits per heavy atom. The number of halogens is 2. The molecule has 1 atom stereocenters. The Hall–Kier alpha value is -1.00. The molecule has 0 fully saturated rings. The van der Waals surface area contributed by atoms with Gasteiger partial charge >= 0.3 is 0 Å². The van der Waals surface area contributed by atoms with Gasteiger partial charge in [-0.1, -0.05) is 13.0 Å². The van der Waals surface area contributed by atoms with E-state index >= 15 is 0 Å². The number of hydrogen-bond acceptors (Lipinski definition) is 2. The van der Waals surface area contributed by atoms with E-state index in [2.05, 4.69) is 12.2 Å². The quantitative estimate of drug-likeness (QED) is 0.662. The van der Waals surface area contributed by atoms with Gasteiger partial charge in [-0.15, -0.1) is 0 Å². The van der Waals surface area contributed by atoms with Crippen molar-refractivity contribution in [2.45, 2.75) is 45.6 Å². The molecule has 4 heteroatoms. The maximum atomic E-state index is 13.2. The molecule has 0 aliphatic heterocycles. The molecule has 0 aliphatic carbocycles. The highest BCUT2D eigenvalue weighted by atomic mass is 19.2. The summed E-state index contributed by atoms with van der Waals surface area (Å²) in [6.07, 6.45) is 3.71. The van der Waals surface area contributed by atoms with E-state index in [1.807, 2.05) is 6.92 Å². The second-order valence-electron chi connectivity index (χ2n) is 4.94. The Morgan fingerprint density at radius 2 is 2.00 bits per heavy atom. The highest BCUT2D eigenvalue weighted by Crippen LogP contribution is 2.12. The summed E-state index contributed by atoms with van der Waals surface area (Å²) in [6, 6.07) is 4.42. The molecule has 0 amide bonds. The smallest absolute Gasteiger partial charge is 0.159 e. The number of nitrogens with one attached hydrogen (secondary N) is 1. The molecule has 0 saturated carbocycles. The normalized spacial score (nSPS) is 12.6. The van der Waals surface area contributed by atoms with Crippen molar-refractivity contribution in [1.82, 2.24) is 5.32 Å². The molecule has 1 rings (SSSR count). The summed E-state index contributed by atoms with van der Waals surface area (Å²) in [5.74, 6) is -1.56. The number of ether oxygens (including phenoxy) is 1. The Kier molecular flexibility index (Phi) is 8.38. The summed E-state index contributed by atoms with van der Waals surface area (Å²) >= 11 is 0. The average molecular weight is 285 g/mol. The van der Waals surface area contributed by atoms with E-state index in [0.717, 1.165) is 44.6 Å². The molecule has 0 saturated heterocycles. The van der Waals surface area contributed by atoms with Crippen LogP contribution in [-0.4, -0.2) is 25.8 Å². The first kappa shape index (κ1) is 17.1. The van der Waals surface area contributed by atoms with Gasteiger partial charge in [0.2, 0.25) is 0 Å². The minimum absolute atomic E-state index is 0.278. The van der Waals surface area contributed by atoms with Gasteiger partial charge in [-0.3, -0.25) is 0 Å². The number of rotatable bonds is 10. The van der Waals surface area contributed by atoms with Crippen molar-refractivity contribution in [3.05, 3.63) is 35.4 Å². The fraction of sp³-hybridized carbons (Fsp3) is 0.625. The van der Waals surface area contributed by atoms with E-state index in [4.69, 9.17) is 4.74 Å². The van der Waals surface area contributed by atoms with Crippen molar-refractivity contribution in [1.29, 1.82) is 0 Å². The lowest BCUT2D eigenvalue weighted by Gasteiger charge is -2.18. The summed E-state index contributed by atoms with van der Waals surface area (Å²) in [5.41, 5.74) is 0.828. The van der Waals surface area contributed by atoms with Crippen LogP contribution in [-0.2, 0) is 11.2 Å². The van der Waals surface area contributed by atoms with Crippen molar-refractivity contribution in [3.63, 3.8) is 0 Å². The Labute approximate surface area is 120 Å². The summed E-state index contributed by atoms with van der Waals surface area (Å²) in [7, 11) is 0. The minimum atomic E-state index is -0.789. The maximum Gasteiger partial charge on any atom is 0.159 e. The van der Waals surface area contributed by atoms with Crippen molar-refractivity contribution in [2.24, 2.45) is 0 Å². The van der Waals surface area contributed by atoms with Crippen LogP contribution in [0.4, 0.5) is 8.78 Å². The Bertz CT molecular complexity index is 385. The fourth-order valence-electron chi connectivity index (χ4n) is 2.15. The van der Waals surface area contributed by atoms with Crippen molar-refractivity contribution >= 4 is 0 Å². The van der Waals surface area contributed by atoms with E-state index in [-0.39, 0.29) is 6.04 Å². The predicted octanol–water partition coefficient (Wildman–Crippen LogP) is 3.69. The van der Waals surface area contributed by atoms with Crippen molar-refractivity contribution < 1.29 is 13.5 Å². The average Bonchev–Trinajstić information content (AvgIpc) is 2.44. The molecule has 0 heterocycles. The number of benzene rings is 1. The van der Waals surface area contributed by atoms with Crippen molar-refractivity contribution in [2.75, 3.05) is 19.8 Å². The van der Waals surface area contributed by atoms with Crippen LogP contribution in [0.2, 0.25) is 0 Å². The number of hydrogen-bond donors (Lipinski definition) is 1. The van der Waals surface area contributed by atoms with Crippen LogP contribution in [0.3, 0.4) is 0 Å². The summed E-state index contributed by atoms with van der Waals surface area (Å²) in [5, 5.41) is 3.46. The van der Waals surface area contributed by atoms with E-state index < -0.39 is 11.6 Å². The molecular formula is C16H25F2NO. The Morgan fingerprint density at radius 1 is 1.20 bits per heavy atom. The summed E-state index contributed by atoms with van der Waals surface area (Å²) < 4.78 is 31.5. The summed E-state index contributed by atoms with van der Waals surface area (Å²) in [4.78, 5) is 0. The third kappa shape index (κ3) is 6.44. The van der Waals surface area contributed by atoms with Crippen LogP contribution in [0, 0.1) is 11.6 Å². The van der Waals surface area contributed by atoms with E-state index in [9.17, 15) is 8.78 Å². The lowest BCUT2D eigenvalue weighted by Crippen LogP contribution is -2.32. The first-order valence-corrected chi connectivity index (χ1v) is 7.42. The fourth-order valence-corrected chi connectivity index (χ4v) is 2.15. The van der Waals surface area contributed by atoms with Gasteiger partial charge in [-0.25, -0.2) is 8.78 Å². The van der Waals surface area contributed by atoms with E-state index in [1.54, 1.807) is 6.07 Å². The third-order valence-electron chi connectivity index (χ3n) is 3.19. The molecule has 0 aromatic heterocycles. The Balaban J connectivity index is 2.51. The van der Waals surface area contributed by atoms with Crippen LogP contribution in [0.5, 0.6) is 0 Å². The third-order valence-corrected chi connectivity index (χ3v) is 3.19. The topological polar surface area (TPSA) is 21.3 Å². The lowest BCUT2D eigenvalue weighted by atomic mass is 10.0. The molecule has 1 unspecified atom stereocenters. The molecule has 0 bridgehead atoms. The molecular weight excluding hydrogens is 260 g/mol. The summed E-state index contributed by atoms with van der Waals surface area (Å²) in [6.45, 7) is 6.51. The maximum absolute atomic E-state index is 13.2. The van der Waals surface area contributed by atoms with Gasteiger partial charge in [-0.05, 0) is 56.8 Å². The second kappa shape index (κ2) is 9.83. The first-order valence-electron chi connectivity index (χ1n) is 7.42. The zero-order valence-corrected chi connectivity index (χ0v) is 12.4. The van der Waals surface area contributed by atoms with Gasteiger partial charge in [0.25, 0.3) is 0 Å². The largest absolute Gasteiger partial charge is 0.382 e. The molecule has 20 heavy (non-hydrogen) atoms. The van der Waals surface area contributed by atoms with Gasteiger partial charge < -0.3 is 10.1 Å². The van der Waals surface area contributed by atoms with E-state index in [1.165, 1.54) is 12.1 Å². The van der Waals surface area contributed by atoms with Crippen LogP contribution in [0.1, 0.15) is 38.7 Å². The SMILES string of the molecule is CCCNC(CCCOCC)Cc1ccc(F)c(F)c1. The first-order chi connectivity index (χ1) is 9.67.